The molecule has 0 aromatic carbocycles. The van der Waals surface area contributed by atoms with Crippen molar-refractivity contribution in [2.45, 2.75) is 5.25 Å². The molecule has 5 heteroatoms. The molecule has 1 atom stereocenters. The molecule has 0 spiro atoms. The molecule has 1 aliphatic rings. The van der Waals surface area contributed by atoms with Crippen molar-refractivity contribution in [2.24, 2.45) is 0 Å². The zero-order valence-corrected chi connectivity index (χ0v) is 9.18. The minimum Gasteiger partial charge on any atom is -0.296 e. The first-order chi connectivity index (χ1) is 6.90. The minimum atomic E-state index is 0.355. The Kier molecular flexibility index (Phi) is 3.42. The van der Waals surface area contributed by atoms with E-state index in [9.17, 15) is 4.79 Å². The second kappa shape index (κ2) is 4.79. The predicted octanol–water partition coefficient (Wildman–Crippen LogP) is 1.81. The highest BCUT2D eigenvalue weighted by molar-refractivity contribution is 8.06. The number of nitrogens with zero attached hydrogens (tertiary/aromatic N) is 2. The van der Waals surface area contributed by atoms with Gasteiger partial charge in [0.1, 0.15) is 11.5 Å². The summed E-state index contributed by atoms with van der Waals surface area (Å²) in [7, 11) is 0. The molecule has 0 saturated carbocycles. The van der Waals surface area contributed by atoms with E-state index in [2.05, 4.69) is 9.97 Å². The molecule has 0 bridgehead atoms. The van der Waals surface area contributed by atoms with E-state index in [0.29, 0.717) is 10.9 Å². The molecule has 3 nitrogen and oxygen atoms in total. The Morgan fingerprint density at radius 1 is 1.50 bits per heavy atom. The molecule has 1 aliphatic heterocycles. The third-order valence-electron chi connectivity index (χ3n) is 1.92. The van der Waals surface area contributed by atoms with E-state index in [1.165, 1.54) is 5.75 Å². The highest BCUT2D eigenvalue weighted by Crippen LogP contribution is 2.34. The summed E-state index contributed by atoms with van der Waals surface area (Å²) in [6, 6.07) is 1.64. The van der Waals surface area contributed by atoms with Crippen molar-refractivity contribution < 1.29 is 4.79 Å². The highest BCUT2D eigenvalue weighted by atomic mass is 32.2. The van der Waals surface area contributed by atoms with E-state index < -0.39 is 0 Å². The Balaban J connectivity index is 2.17. The van der Waals surface area contributed by atoms with Gasteiger partial charge in [-0.3, -0.25) is 4.79 Å². The first kappa shape index (κ1) is 9.98. The SMILES string of the molecule is O=Cc1ccnc(C2CSCCS2)n1. The fraction of sp³-hybridized carbons (Fsp3) is 0.444. The minimum absolute atomic E-state index is 0.355. The van der Waals surface area contributed by atoms with Crippen LogP contribution in [-0.2, 0) is 0 Å². The van der Waals surface area contributed by atoms with E-state index in [0.717, 1.165) is 23.6 Å². The fourth-order valence-corrected chi connectivity index (χ4v) is 3.85. The first-order valence-electron chi connectivity index (χ1n) is 4.37. The van der Waals surface area contributed by atoms with E-state index in [4.69, 9.17) is 0 Å². The molecule has 1 saturated heterocycles. The maximum absolute atomic E-state index is 10.5. The van der Waals surface area contributed by atoms with Crippen LogP contribution in [0.25, 0.3) is 0 Å². The molecule has 2 rings (SSSR count). The van der Waals surface area contributed by atoms with Crippen molar-refractivity contribution in [1.82, 2.24) is 9.97 Å². The van der Waals surface area contributed by atoms with Gasteiger partial charge in [-0.2, -0.15) is 11.8 Å². The van der Waals surface area contributed by atoms with Gasteiger partial charge in [0.05, 0.1) is 5.25 Å². The van der Waals surface area contributed by atoms with Crippen molar-refractivity contribution in [3.05, 3.63) is 23.8 Å². The summed E-state index contributed by atoms with van der Waals surface area (Å²) in [5, 5.41) is 0.355. The third-order valence-corrected chi connectivity index (χ3v) is 4.67. The number of aromatic nitrogens is 2. The molecule has 0 radical (unpaired) electrons. The van der Waals surface area contributed by atoms with Crippen LogP contribution in [0.15, 0.2) is 12.3 Å². The average molecular weight is 226 g/mol. The molecule has 0 aliphatic carbocycles. The van der Waals surface area contributed by atoms with Crippen molar-refractivity contribution in [3.63, 3.8) is 0 Å². The molecule has 2 heterocycles. The van der Waals surface area contributed by atoms with Crippen molar-refractivity contribution in [3.8, 4) is 0 Å². The number of aldehydes is 1. The molecule has 1 unspecified atom stereocenters. The van der Waals surface area contributed by atoms with E-state index in [1.54, 1.807) is 12.3 Å². The number of carbonyl (C=O) groups is 1. The fourth-order valence-electron chi connectivity index (χ4n) is 1.25. The maximum Gasteiger partial charge on any atom is 0.168 e. The molecular weight excluding hydrogens is 216 g/mol. The molecule has 1 aromatic heterocycles. The van der Waals surface area contributed by atoms with Gasteiger partial charge in [-0.15, -0.1) is 11.8 Å². The predicted molar refractivity (Wildman–Crippen MR) is 59.9 cm³/mol. The Morgan fingerprint density at radius 3 is 3.14 bits per heavy atom. The molecule has 0 N–H and O–H groups in total. The topological polar surface area (TPSA) is 42.9 Å². The summed E-state index contributed by atoms with van der Waals surface area (Å²) in [5.74, 6) is 4.19. The smallest absolute Gasteiger partial charge is 0.168 e. The molecule has 14 heavy (non-hydrogen) atoms. The Bertz CT molecular complexity index is 326. The second-order valence-electron chi connectivity index (χ2n) is 2.89. The van der Waals surface area contributed by atoms with Crippen molar-refractivity contribution in [2.75, 3.05) is 17.3 Å². The van der Waals surface area contributed by atoms with Gasteiger partial charge in [0.2, 0.25) is 0 Å². The quantitative estimate of drug-likeness (QED) is 0.719. The van der Waals surface area contributed by atoms with Crippen LogP contribution in [-0.4, -0.2) is 33.5 Å². The standard InChI is InChI=1S/C9H10N2OS2/c12-5-7-1-2-10-9(11-7)8-6-13-3-4-14-8/h1-2,5,8H,3-4,6H2. The van der Waals surface area contributed by atoms with Gasteiger partial charge in [0, 0.05) is 23.5 Å². The summed E-state index contributed by atoms with van der Waals surface area (Å²) in [6.07, 6.45) is 2.43. The molecule has 1 fully saturated rings. The lowest BCUT2D eigenvalue weighted by Gasteiger charge is -2.19. The summed E-state index contributed by atoms with van der Waals surface area (Å²) in [5.41, 5.74) is 0.478. The van der Waals surface area contributed by atoms with Crippen LogP contribution in [0.5, 0.6) is 0 Å². The zero-order valence-electron chi connectivity index (χ0n) is 7.55. The Hall–Kier alpha value is -0.550. The van der Waals surface area contributed by atoms with Crippen LogP contribution in [0, 0.1) is 0 Å². The number of hydrogen-bond acceptors (Lipinski definition) is 5. The molecule has 1 aromatic rings. The van der Waals surface area contributed by atoms with Gasteiger partial charge in [-0.1, -0.05) is 0 Å². The lowest BCUT2D eigenvalue weighted by Crippen LogP contribution is -2.10. The third kappa shape index (κ3) is 2.27. The van der Waals surface area contributed by atoms with E-state index in [-0.39, 0.29) is 0 Å². The first-order valence-corrected chi connectivity index (χ1v) is 6.58. The Morgan fingerprint density at radius 2 is 2.43 bits per heavy atom. The summed E-state index contributed by atoms with van der Waals surface area (Å²) in [6.45, 7) is 0. The lowest BCUT2D eigenvalue weighted by atomic mass is 10.4. The van der Waals surface area contributed by atoms with E-state index in [1.807, 2.05) is 23.5 Å². The highest BCUT2D eigenvalue weighted by Gasteiger charge is 2.18. The maximum atomic E-state index is 10.5. The largest absolute Gasteiger partial charge is 0.296 e. The van der Waals surface area contributed by atoms with Crippen LogP contribution in [0.2, 0.25) is 0 Å². The number of rotatable bonds is 2. The van der Waals surface area contributed by atoms with Gasteiger partial charge >= 0.3 is 0 Å². The lowest BCUT2D eigenvalue weighted by molar-refractivity contribution is 0.111. The Labute approximate surface area is 91.1 Å². The second-order valence-corrected chi connectivity index (χ2v) is 5.35. The van der Waals surface area contributed by atoms with Gasteiger partial charge in [0.15, 0.2) is 6.29 Å². The van der Waals surface area contributed by atoms with Gasteiger partial charge in [0.25, 0.3) is 0 Å². The summed E-state index contributed by atoms with van der Waals surface area (Å²) >= 11 is 3.80. The van der Waals surface area contributed by atoms with Gasteiger partial charge in [-0.05, 0) is 6.07 Å². The van der Waals surface area contributed by atoms with E-state index >= 15 is 0 Å². The van der Waals surface area contributed by atoms with Crippen molar-refractivity contribution >= 4 is 29.8 Å². The molecule has 0 amide bonds. The average Bonchev–Trinajstić information content (AvgIpc) is 2.30. The number of carbonyl (C=O) groups excluding carboxylic acids is 1. The van der Waals surface area contributed by atoms with Crippen molar-refractivity contribution in [1.29, 1.82) is 0 Å². The van der Waals surface area contributed by atoms with Crippen LogP contribution < -0.4 is 0 Å². The molecule has 74 valence electrons. The monoisotopic (exact) mass is 226 g/mol. The van der Waals surface area contributed by atoms with Crippen LogP contribution in [0.1, 0.15) is 21.6 Å². The van der Waals surface area contributed by atoms with Crippen LogP contribution in [0.4, 0.5) is 0 Å². The van der Waals surface area contributed by atoms with Crippen LogP contribution >= 0.6 is 23.5 Å². The number of thioether (sulfide) groups is 2. The number of hydrogen-bond donors (Lipinski definition) is 0. The summed E-state index contributed by atoms with van der Waals surface area (Å²) in [4.78, 5) is 18.9. The van der Waals surface area contributed by atoms with Gasteiger partial charge in [-0.25, -0.2) is 9.97 Å². The van der Waals surface area contributed by atoms with Crippen LogP contribution in [0.3, 0.4) is 0 Å². The molecular formula is C9H10N2OS2. The van der Waals surface area contributed by atoms with Gasteiger partial charge < -0.3 is 0 Å². The summed E-state index contributed by atoms with van der Waals surface area (Å²) < 4.78 is 0. The normalized spacial score (nSPS) is 21.9. The zero-order chi connectivity index (χ0) is 9.80.